The first-order valence-corrected chi connectivity index (χ1v) is 10.5. The number of amides is 1. The molecule has 2 heterocycles. The van der Waals surface area contributed by atoms with Crippen molar-refractivity contribution in [2.75, 3.05) is 18.4 Å². The van der Waals surface area contributed by atoms with Crippen molar-refractivity contribution in [1.82, 2.24) is 10.1 Å². The van der Waals surface area contributed by atoms with Gasteiger partial charge in [-0.1, -0.05) is 35.5 Å². The predicted octanol–water partition coefficient (Wildman–Crippen LogP) is 5.63. The summed E-state index contributed by atoms with van der Waals surface area (Å²) in [6, 6.07) is 15.4. The Hall–Kier alpha value is -3.29. The maximum Gasteiger partial charge on any atom is 0.416 e. The lowest BCUT2D eigenvalue weighted by molar-refractivity contribution is -0.138. The maximum atomic E-state index is 13.0. The van der Waals surface area contributed by atoms with Gasteiger partial charge in [0.15, 0.2) is 0 Å². The lowest BCUT2D eigenvalue weighted by Gasteiger charge is -2.31. The van der Waals surface area contributed by atoms with E-state index in [0.29, 0.717) is 25.5 Å². The summed E-state index contributed by atoms with van der Waals surface area (Å²) in [5, 5.41) is 7.39. The molecule has 5 nitrogen and oxygen atoms in total. The quantitative estimate of drug-likeness (QED) is 0.555. The molecule has 1 aromatic heterocycles. The summed E-state index contributed by atoms with van der Waals surface area (Å²) in [6.07, 6.45) is -2.98. The zero-order valence-electron chi connectivity index (χ0n) is 17.7. The van der Waals surface area contributed by atoms with Gasteiger partial charge in [0.05, 0.1) is 11.3 Å². The van der Waals surface area contributed by atoms with Gasteiger partial charge < -0.3 is 14.7 Å². The third kappa shape index (κ3) is 4.95. The van der Waals surface area contributed by atoms with Crippen molar-refractivity contribution in [3.8, 4) is 0 Å². The molecule has 3 aromatic rings. The third-order valence-corrected chi connectivity index (χ3v) is 5.82. The van der Waals surface area contributed by atoms with Crippen LogP contribution in [0.15, 0.2) is 59.1 Å². The topological polar surface area (TPSA) is 58.4 Å². The lowest BCUT2D eigenvalue weighted by atomic mass is 9.93. The minimum atomic E-state index is -4.42. The van der Waals surface area contributed by atoms with Gasteiger partial charge in [-0.2, -0.15) is 13.2 Å². The molecule has 2 aromatic carbocycles. The van der Waals surface area contributed by atoms with E-state index in [9.17, 15) is 18.0 Å². The summed E-state index contributed by atoms with van der Waals surface area (Å²) >= 11 is 0. The maximum absolute atomic E-state index is 13.0. The van der Waals surface area contributed by atoms with Gasteiger partial charge >= 0.3 is 6.18 Å². The van der Waals surface area contributed by atoms with E-state index in [2.05, 4.69) is 10.5 Å². The molecule has 1 fully saturated rings. The molecule has 0 atom stereocenters. The summed E-state index contributed by atoms with van der Waals surface area (Å²) in [5.74, 6) is 0.526. The molecule has 4 rings (SSSR count). The van der Waals surface area contributed by atoms with E-state index in [1.807, 2.05) is 36.4 Å². The monoisotopic (exact) mass is 443 g/mol. The van der Waals surface area contributed by atoms with E-state index in [-0.39, 0.29) is 23.0 Å². The largest absolute Gasteiger partial charge is 0.416 e. The molecule has 32 heavy (non-hydrogen) atoms. The number of likely N-dealkylation sites (tertiary alicyclic amines) is 1. The van der Waals surface area contributed by atoms with Gasteiger partial charge in [-0.05, 0) is 49.1 Å². The molecule has 0 bridgehead atoms. The average molecular weight is 443 g/mol. The average Bonchev–Trinajstić information content (AvgIpc) is 3.26. The van der Waals surface area contributed by atoms with Crippen LogP contribution in [0.25, 0.3) is 0 Å². The second kappa shape index (κ2) is 9.06. The Morgan fingerprint density at radius 3 is 2.50 bits per heavy atom. The van der Waals surface area contributed by atoms with Crippen LogP contribution in [0.2, 0.25) is 0 Å². The summed E-state index contributed by atoms with van der Waals surface area (Å²) in [5.41, 5.74) is 1.60. The molecular formula is C24H24F3N3O2. The highest BCUT2D eigenvalue weighted by molar-refractivity contribution is 5.94. The van der Waals surface area contributed by atoms with Crippen LogP contribution in [-0.4, -0.2) is 29.1 Å². The zero-order valence-corrected chi connectivity index (χ0v) is 17.7. The van der Waals surface area contributed by atoms with E-state index < -0.39 is 11.7 Å². The number of hydrogen-bond donors (Lipinski definition) is 1. The Kier molecular flexibility index (Phi) is 6.21. The number of carbonyl (C=O) groups is 1. The van der Waals surface area contributed by atoms with Crippen molar-refractivity contribution in [3.63, 3.8) is 0 Å². The van der Waals surface area contributed by atoms with Crippen molar-refractivity contribution >= 4 is 11.8 Å². The summed E-state index contributed by atoms with van der Waals surface area (Å²) < 4.78 is 44.3. The second-order valence-electron chi connectivity index (χ2n) is 8.05. The van der Waals surface area contributed by atoms with Crippen molar-refractivity contribution < 1.29 is 22.5 Å². The number of anilines is 1. The number of carbonyl (C=O) groups excluding carboxylic acids is 1. The number of rotatable bonds is 5. The normalized spacial score (nSPS) is 15.1. The predicted molar refractivity (Wildman–Crippen MR) is 114 cm³/mol. The number of aromatic nitrogens is 1. The highest BCUT2D eigenvalue weighted by Gasteiger charge is 2.33. The van der Waals surface area contributed by atoms with Gasteiger partial charge in [-0.3, -0.25) is 4.79 Å². The van der Waals surface area contributed by atoms with Gasteiger partial charge in [0, 0.05) is 37.2 Å². The SMILES string of the molecule is Cc1cc(C(=O)N2CCC(c3cc(NCc4ccccc4)on3)CC2)ccc1C(F)(F)F. The molecule has 168 valence electrons. The fourth-order valence-corrected chi connectivity index (χ4v) is 4.03. The van der Waals surface area contributed by atoms with E-state index in [1.165, 1.54) is 19.1 Å². The Morgan fingerprint density at radius 2 is 1.84 bits per heavy atom. The minimum absolute atomic E-state index is 0.0522. The van der Waals surface area contributed by atoms with Crippen LogP contribution in [0.5, 0.6) is 0 Å². The molecule has 0 saturated carbocycles. The van der Waals surface area contributed by atoms with Gasteiger partial charge in [0.25, 0.3) is 5.91 Å². The Morgan fingerprint density at radius 1 is 1.12 bits per heavy atom. The van der Waals surface area contributed by atoms with Gasteiger partial charge in [-0.15, -0.1) is 0 Å². The zero-order chi connectivity index (χ0) is 22.7. The molecule has 1 amide bonds. The number of benzene rings is 2. The Balaban J connectivity index is 1.33. The molecule has 1 aliphatic rings. The second-order valence-corrected chi connectivity index (χ2v) is 8.05. The number of hydrogen-bond acceptors (Lipinski definition) is 4. The summed E-state index contributed by atoms with van der Waals surface area (Å²) in [4.78, 5) is 14.5. The van der Waals surface area contributed by atoms with Gasteiger partial charge in [-0.25, -0.2) is 0 Å². The first kappa shape index (κ1) is 21.9. The van der Waals surface area contributed by atoms with Crippen molar-refractivity contribution in [2.45, 2.75) is 38.4 Å². The first-order valence-electron chi connectivity index (χ1n) is 10.5. The highest BCUT2D eigenvalue weighted by atomic mass is 19.4. The first-order chi connectivity index (χ1) is 15.3. The smallest absolute Gasteiger partial charge is 0.350 e. The molecule has 0 unspecified atom stereocenters. The highest BCUT2D eigenvalue weighted by Crippen LogP contribution is 2.33. The molecule has 1 saturated heterocycles. The number of piperidine rings is 1. The molecule has 1 N–H and O–H groups in total. The van der Waals surface area contributed by atoms with Crippen molar-refractivity contribution in [2.24, 2.45) is 0 Å². The standard InChI is InChI=1S/C24H24F3N3O2/c1-16-13-19(7-8-20(16)24(25,26)27)23(31)30-11-9-18(10-12-30)21-14-22(32-29-21)28-15-17-5-3-2-4-6-17/h2-8,13-14,18,28H,9-12,15H2,1H3. The molecule has 1 aliphatic heterocycles. The van der Waals surface area contributed by atoms with Crippen LogP contribution in [0.1, 0.15) is 51.5 Å². The molecule has 0 radical (unpaired) electrons. The minimum Gasteiger partial charge on any atom is -0.350 e. The lowest BCUT2D eigenvalue weighted by Crippen LogP contribution is -2.38. The van der Waals surface area contributed by atoms with Crippen molar-refractivity contribution in [3.05, 3.63) is 82.5 Å². The molecular weight excluding hydrogens is 419 g/mol. The number of aryl methyl sites for hydroxylation is 1. The third-order valence-electron chi connectivity index (χ3n) is 5.82. The number of halogens is 3. The summed E-state index contributed by atoms with van der Waals surface area (Å²) in [7, 11) is 0. The molecule has 0 aliphatic carbocycles. The van der Waals surface area contributed by atoms with Crippen LogP contribution in [-0.2, 0) is 12.7 Å². The van der Waals surface area contributed by atoms with E-state index in [0.717, 1.165) is 30.2 Å². The Bertz CT molecular complexity index is 1070. The number of alkyl halides is 3. The van der Waals surface area contributed by atoms with Crippen LogP contribution in [0.4, 0.5) is 19.1 Å². The van der Waals surface area contributed by atoms with Gasteiger partial charge in [0.1, 0.15) is 0 Å². The van der Waals surface area contributed by atoms with Crippen LogP contribution in [0.3, 0.4) is 0 Å². The number of nitrogens with zero attached hydrogens (tertiary/aromatic N) is 2. The van der Waals surface area contributed by atoms with E-state index in [4.69, 9.17) is 4.52 Å². The Labute approximate surface area is 184 Å². The van der Waals surface area contributed by atoms with Gasteiger partial charge in [0.2, 0.25) is 5.88 Å². The van der Waals surface area contributed by atoms with E-state index >= 15 is 0 Å². The number of nitrogens with one attached hydrogen (secondary N) is 1. The fourth-order valence-electron chi connectivity index (χ4n) is 4.03. The van der Waals surface area contributed by atoms with Crippen LogP contribution < -0.4 is 5.32 Å². The van der Waals surface area contributed by atoms with E-state index in [1.54, 1.807) is 4.90 Å². The molecule has 8 heteroatoms. The van der Waals surface area contributed by atoms with Crippen LogP contribution in [0, 0.1) is 6.92 Å². The summed E-state index contributed by atoms with van der Waals surface area (Å²) in [6.45, 7) is 3.04. The van der Waals surface area contributed by atoms with Crippen LogP contribution >= 0.6 is 0 Å². The van der Waals surface area contributed by atoms with Crippen molar-refractivity contribution in [1.29, 1.82) is 0 Å². The molecule has 0 spiro atoms. The fraction of sp³-hybridized carbons (Fsp3) is 0.333.